The number of amides is 3. The predicted molar refractivity (Wildman–Crippen MR) is 208 cm³/mol. The number of piperazine rings is 1. The van der Waals surface area contributed by atoms with Gasteiger partial charge in [0.25, 0.3) is 11.8 Å². The third-order valence-corrected chi connectivity index (χ3v) is 8.68. The van der Waals surface area contributed by atoms with Gasteiger partial charge in [-0.25, -0.2) is 0 Å². The van der Waals surface area contributed by atoms with Crippen LogP contribution in [0, 0.1) is 13.8 Å². The molecule has 13 heteroatoms. The second kappa shape index (κ2) is 21.4. The first kappa shape index (κ1) is 43.1. The van der Waals surface area contributed by atoms with Gasteiger partial charge in [0.1, 0.15) is 17.2 Å². The maximum Gasteiger partial charge on any atom is 0.259 e. The Balaban J connectivity index is 0.00000451. The molecule has 0 saturated carbocycles. The predicted octanol–water partition coefficient (Wildman–Crippen LogP) is 6.13. The average Bonchev–Trinajstić information content (AvgIpc) is 3.10. The van der Waals surface area contributed by atoms with Crippen molar-refractivity contribution in [3.05, 3.63) is 76.9 Å². The van der Waals surface area contributed by atoms with E-state index in [1.54, 1.807) is 42.3 Å². The lowest BCUT2D eigenvalue weighted by atomic mass is 10.1. The monoisotopic (exact) mass is 745 g/mol. The summed E-state index contributed by atoms with van der Waals surface area (Å²) < 4.78 is 17.7. The van der Waals surface area contributed by atoms with E-state index in [0.29, 0.717) is 72.4 Å². The van der Waals surface area contributed by atoms with Crippen LogP contribution in [0.4, 0.5) is 11.4 Å². The lowest BCUT2D eigenvalue weighted by molar-refractivity contribution is -0.132. The standard InChI is InChI=1S/C38H51N5O6.2ClH/c1-27-14-17-32(34(25-27)48-23-8-6-7-13-35(44)43-21-19-41(3)20-22-43)42(4)38(46)29-15-16-31(33(26-29)47-5)40-37(45)30-12-9-11-28(2)36(30)49-24-10-18-39;;/h9,11-12,14-17,25-26H,6-8,10,13,18-24,39H2,1-5H3,(H,40,45);2*1H. The van der Waals surface area contributed by atoms with Crippen LogP contribution in [0.5, 0.6) is 17.2 Å². The van der Waals surface area contributed by atoms with Crippen LogP contribution in [-0.2, 0) is 4.79 Å². The SMILES string of the molecule is COc1cc(C(=O)N(C)c2ccc(C)cc2OCCCCCC(=O)N2CCN(C)CC2)ccc1NC(=O)c1cccc(C)c1OCCCN.Cl.Cl. The minimum absolute atomic E-state index is 0. The number of carbonyl (C=O) groups is 3. The highest BCUT2D eigenvalue weighted by Gasteiger charge is 2.22. The first-order chi connectivity index (χ1) is 23.6. The van der Waals surface area contributed by atoms with Gasteiger partial charge in [-0.1, -0.05) is 18.2 Å². The van der Waals surface area contributed by atoms with Crippen molar-refractivity contribution >= 4 is 53.9 Å². The number of nitrogens with two attached hydrogens (primary N) is 1. The van der Waals surface area contributed by atoms with Crippen LogP contribution in [0.25, 0.3) is 0 Å². The van der Waals surface area contributed by atoms with Crippen LogP contribution in [0.3, 0.4) is 0 Å². The van der Waals surface area contributed by atoms with Gasteiger partial charge in [0.2, 0.25) is 5.91 Å². The fourth-order valence-corrected chi connectivity index (χ4v) is 5.67. The molecule has 0 spiro atoms. The average molecular weight is 747 g/mol. The number of nitrogens with zero attached hydrogens (tertiary/aromatic N) is 3. The molecule has 3 amide bonds. The molecule has 1 aliphatic heterocycles. The molecular formula is C38H53Cl2N5O6. The van der Waals surface area contributed by atoms with Crippen molar-refractivity contribution in [2.24, 2.45) is 5.73 Å². The van der Waals surface area contributed by atoms with E-state index in [4.69, 9.17) is 19.9 Å². The van der Waals surface area contributed by atoms with Gasteiger partial charge in [-0.05, 0) is 101 Å². The number of hydrogen-bond donors (Lipinski definition) is 2. The number of carbonyl (C=O) groups excluding carboxylic acids is 3. The third-order valence-electron chi connectivity index (χ3n) is 8.68. The van der Waals surface area contributed by atoms with Gasteiger partial charge in [0.15, 0.2) is 0 Å². The van der Waals surface area contributed by atoms with Crippen LogP contribution >= 0.6 is 24.8 Å². The molecule has 3 aromatic rings. The number of benzene rings is 3. The van der Waals surface area contributed by atoms with E-state index in [9.17, 15) is 14.4 Å². The van der Waals surface area contributed by atoms with Gasteiger partial charge < -0.3 is 40.0 Å². The molecule has 1 aliphatic rings. The summed E-state index contributed by atoms with van der Waals surface area (Å²) in [6.07, 6.45) is 3.73. The lowest BCUT2D eigenvalue weighted by Gasteiger charge is -2.32. The van der Waals surface area contributed by atoms with E-state index in [1.807, 2.05) is 43.0 Å². The van der Waals surface area contributed by atoms with Crippen LogP contribution in [-0.4, -0.2) is 94.7 Å². The summed E-state index contributed by atoms with van der Waals surface area (Å²) in [7, 11) is 5.28. The Hall–Kier alpha value is -4.03. The van der Waals surface area contributed by atoms with Crippen LogP contribution < -0.4 is 30.2 Å². The molecule has 3 aromatic carbocycles. The minimum Gasteiger partial charge on any atom is -0.495 e. The summed E-state index contributed by atoms with van der Waals surface area (Å²) in [5.74, 6) is 1.07. The third kappa shape index (κ3) is 12.0. The lowest BCUT2D eigenvalue weighted by Crippen LogP contribution is -2.47. The number of anilines is 2. The molecule has 0 atom stereocenters. The van der Waals surface area contributed by atoms with Crippen LogP contribution in [0.15, 0.2) is 54.6 Å². The number of nitrogens with one attached hydrogen (secondary N) is 1. The summed E-state index contributed by atoms with van der Waals surface area (Å²) in [4.78, 5) is 45.3. The molecule has 280 valence electrons. The Labute approximate surface area is 314 Å². The highest BCUT2D eigenvalue weighted by atomic mass is 35.5. The normalized spacial score (nSPS) is 12.6. The van der Waals surface area contributed by atoms with Crippen molar-refractivity contribution < 1.29 is 28.6 Å². The summed E-state index contributed by atoms with van der Waals surface area (Å²) in [5, 5.41) is 2.90. The second-order valence-electron chi connectivity index (χ2n) is 12.5. The molecule has 3 N–H and O–H groups in total. The van der Waals surface area contributed by atoms with Crippen LogP contribution in [0.2, 0.25) is 0 Å². The zero-order valence-electron chi connectivity index (χ0n) is 30.4. The van der Waals surface area contributed by atoms with Crippen molar-refractivity contribution in [2.45, 2.75) is 46.0 Å². The number of ether oxygens (including phenoxy) is 3. The van der Waals surface area contributed by atoms with Crippen molar-refractivity contribution in [2.75, 3.05) is 77.4 Å². The van der Waals surface area contributed by atoms with Crippen molar-refractivity contribution in [1.29, 1.82) is 0 Å². The van der Waals surface area contributed by atoms with Gasteiger partial charge in [0.05, 0.1) is 37.3 Å². The zero-order valence-corrected chi connectivity index (χ0v) is 32.0. The minimum atomic E-state index is -0.357. The van der Waals surface area contributed by atoms with Gasteiger partial charge in [-0.2, -0.15) is 0 Å². The Kier molecular flexibility index (Phi) is 18.1. The number of unbranched alkanes of at least 4 members (excludes halogenated alkanes) is 2. The van der Waals surface area contributed by atoms with E-state index >= 15 is 0 Å². The second-order valence-corrected chi connectivity index (χ2v) is 12.5. The highest BCUT2D eigenvalue weighted by molar-refractivity contribution is 6.09. The number of halogens is 2. The summed E-state index contributed by atoms with van der Waals surface area (Å²) in [6.45, 7) is 8.69. The van der Waals surface area contributed by atoms with E-state index < -0.39 is 0 Å². The molecule has 0 aliphatic carbocycles. The van der Waals surface area contributed by atoms with E-state index in [2.05, 4.69) is 17.3 Å². The number of hydrogen-bond acceptors (Lipinski definition) is 8. The molecule has 0 unspecified atom stereocenters. The number of methoxy groups -OCH3 is 1. The maximum absolute atomic E-state index is 13.7. The van der Waals surface area contributed by atoms with Gasteiger partial charge >= 0.3 is 0 Å². The van der Waals surface area contributed by atoms with Crippen molar-refractivity contribution in [3.8, 4) is 17.2 Å². The maximum atomic E-state index is 13.7. The fourth-order valence-electron chi connectivity index (χ4n) is 5.67. The molecule has 1 heterocycles. The number of likely N-dealkylation sites (N-methyl/N-ethyl adjacent to an activating group) is 1. The van der Waals surface area contributed by atoms with E-state index in [1.165, 1.54) is 7.11 Å². The first-order valence-electron chi connectivity index (χ1n) is 17.0. The molecule has 1 saturated heterocycles. The molecule has 11 nitrogen and oxygen atoms in total. The Morgan fingerprint density at radius 2 is 1.59 bits per heavy atom. The van der Waals surface area contributed by atoms with Crippen molar-refractivity contribution in [1.82, 2.24) is 9.80 Å². The number of rotatable bonds is 16. The Bertz CT molecular complexity index is 1600. The summed E-state index contributed by atoms with van der Waals surface area (Å²) in [5.41, 5.74) is 9.30. The molecule has 0 bridgehead atoms. The van der Waals surface area contributed by atoms with Crippen LogP contribution in [0.1, 0.15) is 63.9 Å². The Morgan fingerprint density at radius 3 is 2.29 bits per heavy atom. The molecule has 51 heavy (non-hydrogen) atoms. The summed E-state index contributed by atoms with van der Waals surface area (Å²) >= 11 is 0. The fraction of sp³-hybridized carbons (Fsp3) is 0.447. The van der Waals surface area contributed by atoms with E-state index in [0.717, 1.165) is 56.6 Å². The van der Waals surface area contributed by atoms with Gasteiger partial charge in [0, 0.05) is 45.2 Å². The quantitative estimate of drug-likeness (QED) is 0.168. The highest BCUT2D eigenvalue weighted by Crippen LogP contribution is 2.33. The largest absolute Gasteiger partial charge is 0.495 e. The smallest absolute Gasteiger partial charge is 0.259 e. The zero-order chi connectivity index (χ0) is 35.3. The molecule has 4 rings (SSSR count). The Morgan fingerprint density at radius 1 is 0.863 bits per heavy atom. The number of aryl methyl sites for hydroxylation is 2. The topological polar surface area (TPSA) is 127 Å². The molecule has 1 fully saturated rings. The van der Waals surface area contributed by atoms with E-state index in [-0.39, 0.29) is 42.5 Å². The molecule has 0 radical (unpaired) electrons. The molecular weight excluding hydrogens is 693 g/mol. The summed E-state index contributed by atoms with van der Waals surface area (Å²) in [6, 6.07) is 16.1. The van der Waals surface area contributed by atoms with Gasteiger partial charge in [-0.15, -0.1) is 24.8 Å². The number of para-hydroxylation sites is 1. The van der Waals surface area contributed by atoms with Crippen molar-refractivity contribution in [3.63, 3.8) is 0 Å². The van der Waals surface area contributed by atoms with Gasteiger partial charge in [-0.3, -0.25) is 14.4 Å². The molecule has 0 aromatic heterocycles. The first-order valence-corrected chi connectivity index (χ1v) is 17.0.